The molecule has 0 aliphatic heterocycles. The van der Waals surface area contributed by atoms with Gasteiger partial charge in [-0.3, -0.25) is 0 Å². The van der Waals surface area contributed by atoms with Crippen molar-refractivity contribution in [2.24, 2.45) is 5.73 Å². The summed E-state index contributed by atoms with van der Waals surface area (Å²) in [7, 11) is 0. The molecule has 0 aromatic carbocycles. The maximum absolute atomic E-state index is 5.59. The average molecular weight is 281 g/mol. The minimum atomic E-state index is 0.114. The summed E-state index contributed by atoms with van der Waals surface area (Å²) in [4.78, 5) is 11.7. The van der Waals surface area contributed by atoms with Crippen molar-refractivity contribution in [3.05, 3.63) is 11.6 Å². The SMILES string of the molecule is CCn1c(CN)nnc1SCc1nc(N)nc(N)n1. The topological polar surface area (TPSA) is 147 Å². The third kappa shape index (κ3) is 3.09. The van der Waals surface area contributed by atoms with Crippen LogP contribution in [0.1, 0.15) is 18.6 Å². The summed E-state index contributed by atoms with van der Waals surface area (Å²) in [6.07, 6.45) is 0. The van der Waals surface area contributed by atoms with E-state index in [1.165, 1.54) is 11.8 Å². The number of nitrogen functional groups attached to an aromatic ring is 2. The van der Waals surface area contributed by atoms with E-state index >= 15 is 0 Å². The molecule has 2 aromatic heterocycles. The Morgan fingerprint density at radius 2 is 1.79 bits per heavy atom. The number of rotatable bonds is 5. The zero-order valence-electron chi connectivity index (χ0n) is 10.4. The molecule has 10 heteroatoms. The third-order valence-electron chi connectivity index (χ3n) is 2.34. The van der Waals surface area contributed by atoms with Gasteiger partial charge >= 0.3 is 0 Å². The van der Waals surface area contributed by atoms with Gasteiger partial charge in [-0.05, 0) is 6.92 Å². The minimum absolute atomic E-state index is 0.114. The lowest BCUT2D eigenvalue weighted by atomic mass is 10.6. The summed E-state index contributed by atoms with van der Waals surface area (Å²) < 4.78 is 1.94. The monoisotopic (exact) mass is 281 g/mol. The van der Waals surface area contributed by atoms with Crippen molar-refractivity contribution in [1.82, 2.24) is 29.7 Å². The highest BCUT2D eigenvalue weighted by Gasteiger charge is 2.11. The minimum Gasteiger partial charge on any atom is -0.368 e. The molecule has 0 radical (unpaired) electrons. The van der Waals surface area contributed by atoms with Gasteiger partial charge in [0, 0.05) is 6.54 Å². The summed E-state index contributed by atoms with van der Waals surface area (Å²) in [5, 5.41) is 8.86. The van der Waals surface area contributed by atoms with Crippen LogP contribution in [0.15, 0.2) is 5.16 Å². The van der Waals surface area contributed by atoms with E-state index in [-0.39, 0.29) is 11.9 Å². The molecule has 0 atom stereocenters. The first kappa shape index (κ1) is 13.5. The lowest BCUT2D eigenvalue weighted by molar-refractivity contribution is 0.642. The van der Waals surface area contributed by atoms with Crippen LogP contribution in [0, 0.1) is 0 Å². The highest BCUT2D eigenvalue weighted by molar-refractivity contribution is 7.98. The second kappa shape index (κ2) is 5.80. The molecule has 0 fully saturated rings. The predicted molar refractivity (Wildman–Crippen MR) is 71.8 cm³/mol. The van der Waals surface area contributed by atoms with Gasteiger partial charge in [-0.2, -0.15) is 15.0 Å². The Kier molecular flexibility index (Phi) is 4.12. The molecule has 0 saturated heterocycles. The molecule has 0 aliphatic carbocycles. The molecule has 2 heterocycles. The van der Waals surface area contributed by atoms with Crippen LogP contribution in [-0.2, 0) is 18.8 Å². The first-order valence-electron chi connectivity index (χ1n) is 5.64. The van der Waals surface area contributed by atoms with Crippen LogP contribution < -0.4 is 17.2 Å². The van der Waals surface area contributed by atoms with E-state index in [4.69, 9.17) is 17.2 Å². The predicted octanol–water partition coefficient (Wildman–Crippen LogP) is -0.602. The number of nitrogens with zero attached hydrogens (tertiary/aromatic N) is 6. The van der Waals surface area contributed by atoms with Crippen molar-refractivity contribution < 1.29 is 0 Å². The van der Waals surface area contributed by atoms with Crippen LogP contribution >= 0.6 is 11.8 Å². The normalized spacial score (nSPS) is 10.8. The third-order valence-corrected chi connectivity index (χ3v) is 3.30. The van der Waals surface area contributed by atoms with Crippen molar-refractivity contribution in [3.8, 4) is 0 Å². The van der Waals surface area contributed by atoms with E-state index in [1.807, 2.05) is 11.5 Å². The van der Waals surface area contributed by atoms with Gasteiger partial charge in [-0.1, -0.05) is 11.8 Å². The van der Waals surface area contributed by atoms with E-state index in [9.17, 15) is 0 Å². The van der Waals surface area contributed by atoms with Gasteiger partial charge in [0.2, 0.25) is 11.9 Å². The van der Waals surface area contributed by atoms with Crippen LogP contribution in [0.4, 0.5) is 11.9 Å². The standard InChI is InChI=1S/C9H15N9S/c1-2-18-6(3-10)16-17-9(18)19-4-5-13-7(11)15-8(12)14-5/h2-4,10H2,1H3,(H4,11,12,13,14,15). The summed E-state index contributed by atoms with van der Waals surface area (Å²) in [6.45, 7) is 3.11. The van der Waals surface area contributed by atoms with E-state index in [2.05, 4.69) is 25.1 Å². The molecule has 0 unspecified atom stereocenters. The smallest absolute Gasteiger partial charge is 0.225 e. The van der Waals surface area contributed by atoms with E-state index in [0.29, 0.717) is 18.1 Å². The molecular formula is C9H15N9S. The van der Waals surface area contributed by atoms with Crippen LogP contribution in [0.2, 0.25) is 0 Å². The van der Waals surface area contributed by atoms with Crippen molar-refractivity contribution in [1.29, 1.82) is 0 Å². The zero-order chi connectivity index (χ0) is 13.8. The molecular weight excluding hydrogens is 266 g/mol. The van der Waals surface area contributed by atoms with E-state index in [0.717, 1.165) is 17.5 Å². The Bertz CT molecular complexity index is 547. The Hall–Kier alpha value is -1.94. The summed E-state index contributed by atoms with van der Waals surface area (Å²) in [5.74, 6) is 1.97. The lowest BCUT2D eigenvalue weighted by Crippen LogP contribution is -2.08. The van der Waals surface area contributed by atoms with Crippen LogP contribution in [-0.4, -0.2) is 29.7 Å². The van der Waals surface area contributed by atoms with Crippen LogP contribution in [0.5, 0.6) is 0 Å². The molecule has 102 valence electrons. The molecule has 2 rings (SSSR count). The zero-order valence-corrected chi connectivity index (χ0v) is 11.3. The molecule has 9 nitrogen and oxygen atoms in total. The second-order valence-corrected chi connectivity index (χ2v) is 4.55. The number of hydrogen-bond acceptors (Lipinski definition) is 9. The Morgan fingerprint density at radius 3 is 2.37 bits per heavy atom. The van der Waals surface area contributed by atoms with Crippen molar-refractivity contribution in [3.63, 3.8) is 0 Å². The van der Waals surface area contributed by atoms with Gasteiger partial charge in [0.25, 0.3) is 0 Å². The summed E-state index contributed by atoms with van der Waals surface area (Å²) in [5.41, 5.74) is 16.6. The maximum Gasteiger partial charge on any atom is 0.225 e. The van der Waals surface area contributed by atoms with Crippen LogP contribution in [0.3, 0.4) is 0 Å². The Morgan fingerprint density at radius 1 is 1.11 bits per heavy atom. The summed E-state index contributed by atoms with van der Waals surface area (Å²) in [6, 6.07) is 0. The van der Waals surface area contributed by atoms with Gasteiger partial charge < -0.3 is 21.8 Å². The number of aromatic nitrogens is 6. The van der Waals surface area contributed by atoms with Gasteiger partial charge in [0.15, 0.2) is 5.16 Å². The molecule has 0 aliphatic rings. The fourth-order valence-electron chi connectivity index (χ4n) is 1.54. The average Bonchev–Trinajstić information content (AvgIpc) is 2.77. The molecule has 0 spiro atoms. The lowest BCUT2D eigenvalue weighted by Gasteiger charge is -2.05. The number of thioether (sulfide) groups is 1. The van der Waals surface area contributed by atoms with Gasteiger partial charge in [0.05, 0.1) is 12.3 Å². The molecule has 0 bridgehead atoms. The highest BCUT2D eigenvalue weighted by atomic mass is 32.2. The van der Waals surface area contributed by atoms with Gasteiger partial charge in [-0.15, -0.1) is 10.2 Å². The van der Waals surface area contributed by atoms with E-state index < -0.39 is 0 Å². The number of hydrogen-bond donors (Lipinski definition) is 3. The Balaban J connectivity index is 2.12. The molecule has 19 heavy (non-hydrogen) atoms. The molecule has 0 saturated carbocycles. The maximum atomic E-state index is 5.59. The first-order valence-corrected chi connectivity index (χ1v) is 6.63. The number of anilines is 2. The molecule has 0 amide bonds. The van der Waals surface area contributed by atoms with E-state index in [1.54, 1.807) is 0 Å². The largest absolute Gasteiger partial charge is 0.368 e. The number of nitrogens with two attached hydrogens (primary N) is 3. The highest BCUT2D eigenvalue weighted by Crippen LogP contribution is 2.20. The quantitative estimate of drug-likeness (QED) is 0.611. The molecule has 2 aromatic rings. The first-order chi connectivity index (χ1) is 9.13. The van der Waals surface area contributed by atoms with Crippen LogP contribution in [0.25, 0.3) is 0 Å². The van der Waals surface area contributed by atoms with Crippen molar-refractivity contribution in [2.45, 2.75) is 30.9 Å². The van der Waals surface area contributed by atoms with Crippen molar-refractivity contribution >= 4 is 23.7 Å². The fourth-order valence-corrected chi connectivity index (χ4v) is 2.42. The second-order valence-electron chi connectivity index (χ2n) is 3.60. The van der Waals surface area contributed by atoms with Gasteiger partial charge in [0.1, 0.15) is 11.6 Å². The van der Waals surface area contributed by atoms with Gasteiger partial charge in [-0.25, -0.2) is 0 Å². The fraction of sp³-hybridized carbons (Fsp3) is 0.444. The Labute approximate surface area is 114 Å². The van der Waals surface area contributed by atoms with Crippen molar-refractivity contribution in [2.75, 3.05) is 11.5 Å². The summed E-state index contributed by atoms with van der Waals surface area (Å²) >= 11 is 1.45. The molecule has 6 N–H and O–H groups in total.